The molecule has 0 saturated heterocycles. The van der Waals surface area contributed by atoms with E-state index >= 15 is 0 Å². The van der Waals surface area contributed by atoms with Crippen molar-refractivity contribution < 1.29 is 9.53 Å². The molecule has 2 aromatic carbocycles. The van der Waals surface area contributed by atoms with Gasteiger partial charge in [0.05, 0.1) is 11.7 Å². The number of aromatic nitrogens is 3. The lowest BCUT2D eigenvalue weighted by Crippen LogP contribution is -2.16. The molecule has 0 radical (unpaired) electrons. The number of nitrogens with one attached hydrogen (secondary N) is 1. The number of amides is 1. The third kappa shape index (κ3) is 3.98. The molecule has 0 spiro atoms. The summed E-state index contributed by atoms with van der Waals surface area (Å²) in [5, 5.41) is 4.05. The molecule has 0 aliphatic carbocycles. The average Bonchev–Trinajstić information content (AvgIpc) is 2.71. The monoisotopic (exact) mass is 385 g/mol. The van der Waals surface area contributed by atoms with Crippen molar-refractivity contribution in [1.29, 1.82) is 0 Å². The Bertz CT molecular complexity index is 1210. The number of anilines is 2. The maximum Gasteiger partial charge on any atom is 0.286 e. The third-order valence-corrected chi connectivity index (χ3v) is 4.37. The molecule has 0 unspecified atom stereocenters. The number of primary amides is 1. The van der Waals surface area contributed by atoms with Crippen LogP contribution in [0.15, 0.2) is 60.8 Å². The van der Waals surface area contributed by atoms with Gasteiger partial charge in [-0.25, -0.2) is 9.97 Å². The fraction of sp³-hybridized carbons (Fsp3) is 0.0909. The number of para-hydroxylation sites is 1. The Balaban J connectivity index is 1.64. The van der Waals surface area contributed by atoms with Crippen molar-refractivity contribution in [3.63, 3.8) is 0 Å². The zero-order chi connectivity index (χ0) is 20.4. The highest BCUT2D eigenvalue weighted by Crippen LogP contribution is 2.29. The van der Waals surface area contributed by atoms with Crippen LogP contribution in [0.1, 0.15) is 21.9 Å². The number of rotatable bonds is 5. The molecule has 0 aliphatic rings. The summed E-state index contributed by atoms with van der Waals surface area (Å²) in [5.41, 5.74) is 8.69. The number of ether oxygens (including phenoxy) is 1. The van der Waals surface area contributed by atoms with E-state index < -0.39 is 5.91 Å². The van der Waals surface area contributed by atoms with E-state index in [0.717, 1.165) is 28.1 Å². The summed E-state index contributed by atoms with van der Waals surface area (Å²) < 4.78 is 5.91. The minimum Gasteiger partial charge on any atom is -0.455 e. The van der Waals surface area contributed by atoms with E-state index in [-0.39, 0.29) is 5.82 Å². The summed E-state index contributed by atoms with van der Waals surface area (Å²) in [6, 6.07) is 16.9. The van der Waals surface area contributed by atoms with E-state index in [9.17, 15) is 4.79 Å². The Morgan fingerprint density at radius 1 is 1.03 bits per heavy atom. The highest BCUT2D eigenvalue weighted by Gasteiger charge is 2.12. The molecule has 3 N–H and O–H groups in total. The minimum absolute atomic E-state index is 0.0326. The molecular weight excluding hydrogens is 366 g/mol. The number of nitrogens with zero attached hydrogens (tertiary/aromatic N) is 3. The van der Waals surface area contributed by atoms with Crippen LogP contribution in [0.2, 0.25) is 0 Å². The quantitative estimate of drug-likeness (QED) is 0.532. The van der Waals surface area contributed by atoms with E-state index in [1.807, 2.05) is 68.4 Å². The average molecular weight is 385 g/mol. The smallest absolute Gasteiger partial charge is 0.286 e. The molecule has 0 bridgehead atoms. The fourth-order valence-electron chi connectivity index (χ4n) is 2.90. The van der Waals surface area contributed by atoms with E-state index in [2.05, 4.69) is 20.3 Å². The Hall–Kier alpha value is -4.00. The van der Waals surface area contributed by atoms with E-state index in [0.29, 0.717) is 17.1 Å². The van der Waals surface area contributed by atoms with Gasteiger partial charge in [0, 0.05) is 16.8 Å². The van der Waals surface area contributed by atoms with Crippen LogP contribution in [0, 0.1) is 13.8 Å². The standard InChI is InChI=1S/C22H19N5O2/c1-13-11-15(8-10-19(13)29-16-9-7-14(2)24-12-16)25-21-17-5-3-4-6-18(17)26-22(27-21)20(23)28/h3-12H,1-2H3,(H2,23,28)(H,25,26,27). The summed E-state index contributed by atoms with van der Waals surface area (Å²) >= 11 is 0. The van der Waals surface area contributed by atoms with Crippen molar-refractivity contribution in [2.24, 2.45) is 5.73 Å². The Morgan fingerprint density at radius 3 is 2.59 bits per heavy atom. The number of aryl methyl sites for hydroxylation is 2. The molecule has 4 rings (SSSR count). The minimum atomic E-state index is -0.676. The van der Waals surface area contributed by atoms with Crippen molar-refractivity contribution in [1.82, 2.24) is 15.0 Å². The van der Waals surface area contributed by atoms with Crippen molar-refractivity contribution in [2.75, 3.05) is 5.32 Å². The summed E-state index contributed by atoms with van der Waals surface area (Å²) in [6.07, 6.45) is 1.69. The number of carbonyl (C=O) groups excluding carboxylic acids is 1. The number of hydrogen-bond acceptors (Lipinski definition) is 6. The number of hydrogen-bond donors (Lipinski definition) is 2. The Labute approximate surface area is 167 Å². The first kappa shape index (κ1) is 18.4. The Kier molecular flexibility index (Phi) is 4.78. The first-order chi connectivity index (χ1) is 14.0. The number of carbonyl (C=O) groups is 1. The van der Waals surface area contributed by atoms with E-state index in [1.165, 1.54) is 0 Å². The van der Waals surface area contributed by atoms with Gasteiger partial charge < -0.3 is 15.8 Å². The maximum atomic E-state index is 11.6. The second-order valence-corrected chi connectivity index (χ2v) is 6.62. The zero-order valence-corrected chi connectivity index (χ0v) is 16.0. The summed E-state index contributed by atoms with van der Waals surface area (Å²) in [6.45, 7) is 3.88. The SMILES string of the molecule is Cc1ccc(Oc2ccc(Nc3nc(C(N)=O)nc4ccccc34)cc2C)cn1. The second-order valence-electron chi connectivity index (χ2n) is 6.62. The highest BCUT2D eigenvalue weighted by molar-refractivity contribution is 5.96. The third-order valence-electron chi connectivity index (χ3n) is 4.37. The van der Waals surface area contributed by atoms with Gasteiger partial charge in [-0.15, -0.1) is 0 Å². The largest absolute Gasteiger partial charge is 0.455 e. The van der Waals surface area contributed by atoms with Gasteiger partial charge in [0.2, 0.25) is 5.82 Å². The van der Waals surface area contributed by atoms with Gasteiger partial charge in [0.15, 0.2) is 0 Å². The van der Waals surface area contributed by atoms with Gasteiger partial charge in [0.25, 0.3) is 5.91 Å². The van der Waals surface area contributed by atoms with Gasteiger partial charge in [-0.05, 0) is 61.9 Å². The molecule has 2 aromatic heterocycles. The van der Waals surface area contributed by atoms with Crippen LogP contribution in [0.5, 0.6) is 11.5 Å². The molecule has 2 heterocycles. The lowest BCUT2D eigenvalue weighted by atomic mass is 10.2. The van der Waals surface area contributed by atoms with Crippen molar-refractivity contribution in [3.8, 4) is 11.5 Å². The van der Waals surface area contributed by atoms with Crippen LogP contribution in [-0.4, -0.2) is 20.9 Å². The zero-order valence-electron chi connectivity index (χ0n) is 16.0. The predicted molar refractivity (Wildman–Crippen MR) is 112 cm³/mol. The Morgan fingerprint density at radius 2 is 1.86 bits per heavy atom. The van der Waals surface area contributed by atoms with Crippen LogP contribution in [0.25, 0.3) is 10.9 Å². The number of benzene rings is 2. The number of nitrogens with two attached hydrogens (primary N) is 1. The topological polar surface area (TPSA) is 103 Å². The molecule has 4 aromatic rings. The van der Waals surface area contributed by atoms with Crippen molar-refractivity contribution in [3.05, 3.63) is 77.9 Å². The first-order valence-electron chi connectivity index (χ1n) is 9.04. The molecule has 7 heteroatoms. The molecule has 29 heavy (non-hydrogen) atoms. The van der Waals surface area contributed by atoms with Crippen molar-refractivity contribution in [2.45, 2.75) is 13.8 Å². The molecule has 0 atom stereocenters. The van der Waals surface area contributed by atoms with Crippen molar-refractivity contribution >= 4 is 28.3 Å². The van der Waals surface area contributed by atoms with Crippen LogP contribution < -0.4 is 15.8 Å². The van der Waals surface area contributed by atoms with E-state index in [4.69, 9.17) is 10.5 Å². The first-order valence-corrected chi connectivity index (χ1v) is 9.04. The van der Waals surface area contributed by atoms with Crippen LogP contribution in [0.4, 0.5) is 11.5 Å². The van der Waals surface area contributed by atoms with Crippen LogP contribution in [0.3, 0.4) is 0 Å². The molecule has 0 fully saturated rings. The normalized spacial score (nSPS) is 10.7. The number of fused-ring (bicyclic) bond motifs is 1. The second kappa shape index (κ2) is 7.55. The van der Waals surface area contributed by atoms with Crippen LogP contribution >= 0.6 is 0 Å². The summed E-state index contributed by atoms with van der Waals surface area (Å²) in [5.74, 6) is 1.21. The summed E-state index contributed by atoms with van der Waals surface area (Å²) in [7, 11) is 0. The van der Waals surface area contributed by atoms with Gasteiger partial charge in [0.1, 0.15) is 17.3 Å². The molecule has 144 valence electrons. The van der Waals surface area contributed by atoms with Crippen LogP contribution in [-0.2, 0) is 0 Å². The van der Waals surface area contributed by atoms with Gasteiger partial charge in [-0.3, -0.25) is 9.78 Å². The van der Waals surface area contributed by atoms with Gasteiger partial charge >= 0.3 is 0 Å². The maximum absolute atomic E-state index is 11.6. The summed E-state index contributed by atoms with van der Waals surface area (Å²) in [4.78, 5) is 24.3. The predicted octanol–water partition coefficient (Wildman–Crippen LogP) is 4.28. The molecular formula is C22H19N5O2. The van der Waals surface area contributed by atoms with Gasteiger partial charge in [-0.2, -0.15) is 0 Å². The lowest BCUT2D eigenvalue weighted by Gasteiger charge is -2.13. The molecule has 7 nitrogen and oxygen atoms in total. The number of pyridine rings is 1. The lowest BCUT2D eigenvalue weighted by molar-refractivity contribution is 0.0991. The highest BCUT2D eigenvalue weighted by atomic mass is 16.5. The molecule has 0 saturated carbocycles. The molecule has 0 aliphatic heterocycles. The fourth-order valence-corrected chi connectivity index (χ4v) is 2.90. The van der Waals surface area contributed by atoms with Gasteiger partial charge in [-0.1, -0.05) is 12.1 Å². The molecule has 1 amide bonds. The van der Waals surface area contributed by atoms with E-state index in [1.54, 1.807) is 6.20 Å².